The number of carbonyl (C=O) groups excluding carboxylic acids is 1. The number of nitrogens with zero attached hydrogens (tertiary/aromatic N) is 1. The van der Waals surface area contributed by atoms with E-state index in [2.05, 4.69) is 21.1 Å². The van der Waals surface area contributed by atoms with Crippen LogP contribution in [0.1, 0.15) is 36.0 Å². The summed E-state index contributed by atoms with van der Waals surface area (Å²) in [4.78, 5) is 10.8. The van der Waals surface area contributed by atoms with E-state index in [0.717, 1.165) is 17.2 Å². The van der Waals surface area contributed by atoms with Gasteiger partial charge in [0, 0.05) is 0 Å². The Morgan fingerprint density at radius 3 is 2.35 bits per heavy atom. The van der Waals surface area contributed by atoms with E-state index < -0.39 is 0 Å². The van der Waals surface area contributed by atoms with E-state index >= 15 is 0 Å². The summed E-state index contributed by atoms with van der Waals surface area (Å²) in [6.45, 7) is 1.91. The van der Waals surface area contributed by atoms with E-state index in [1.807, 2.05) is 18.2 Å². The molecule has 0 aliphatic carbocycles. The topological polar surface area (TPSA) is 26.3 Å². The second-order valence-corrected chi connectivity index (χ2v) is 5.93. The maximum atomic E-state index is 10.8. The molecule has 114 valence electrons. The van der Waals surface area contributed by atoms with Gasteiger partial charge in [-0.1, -0.05) is 12.1 Å². The summed E-state index contributed by atoms with van der Waals surface area (Å²) in [5.74, 6) is 0.698. The molecule has 4 heteroatoms. The van der Waals surface area contributed by atoms with Crippen molar-refractivity contribution >= 4 is 6.29 Å². The van der Waals surface area contributed by atoms with Crippen LogP contribution in [0.4, 0.5) is 0 Å². The van der Waals surface area contributed by atoms with Crippen molar-refractivity contribution in [3.05, 3.63) is 29.8 Å². The monoisotopic (exact) mass is 343 g/mol. The number of ether oxygens (including phenoxy) is 1. The molecule has 0 fully saturated rings. The quantitative estimate of drug-likeness (QED) is 0.362. The molecular weight excluding hydrogens is 318 g/mol. The van der Waals surface area contributed by atoms with Crippen molar-refractivity contribution in [2.24, 2.45) is 0 Å². The molecule has 20 heavy (non-hydrogen) atoms. The van der Waals surface area contributed by atoms with E-state index in [1.165, 1.54) is 25.8 Å². The summed E-state index contributed by atoms with van der Waals surface area (Å²) in [5.41, 5.74) is 0.632. The molecule has 0 radical (unpaired) electrons. The molecule has 1 aromatic rings. The average molecular weight is 344 g/mol. The molecule has 0 aliphatic heterocycles. The normalized spacial score (nSPS) is 10.8. The lowest BCUT2D eigenvalue weighted by Crippen LogP contribution is -3.00. The lowest BCUT2D eigenvalue weighted by molar-refractivity contribution is -0.870. The molecule has 0 heterocycles. The van der Waals surface area contributed by atoms with Gasteiger partial charge in [0.1, 0.15) is 5.75 Å². The van der Waals surface area contributed by atoms with Crippen molar-refractivity contribution in [3.8, 4) is 5.75 Å². The Labute approximate surface area is 133 Å². The number of aldehydes is 1. The molecule has 0 saturated heterocycles. The number of halogens is 1. The number of hydrogen-bond donors (Lipinski definition) is 0. The minimum absolute atomic E-state index is 0. The zero-order valence-electron chi connectivity index (χ0n) is 12.8. The number of rotatable bonds is 9. The molecule has 3 nitrogen and oxygen atoms in total. The Bertz CT molecular complexity index is 388. The van der Waals surface area contributed by atoms with Gasteiger partial charge in [0.25, 0.3) is 0 Å². The maximum Gasteiger partial charge on any atom is 0.153 e. The molecule has 1 rings (SSSR count). The Kier molecular flexibility index (Phi) is 9.51. The predicted octanol–water partition coefficient (Wildman–Crippen LogP) is 0.149. The highest BCUT2D eigenvalue weighted by molar-refractivity contribution is 5.79. The van der Waals surface area contributed by atoms with Crippen LogP contribution in [0.25, 0.3) is 0 Å². The number of para-hydroxylation sites is 1. The second-order valence-electron chi connectivity index (χ2n) is 5.93. The fourth-order valence-corrected chi connectivity index (χ4v) is 1.93. The first-order valence-corrected chi connectivity index (χ1v) is 7.00. The molecule has 0 amide bonds. The number of benzene rings is 1. The maximum absolute atomic E-state index is 10.8. The van der Waals surface area contributed by atoms with Crippen LogP contribution in [-0.2, 0) is 0 Å². The standard InChI is InChI=1S/C16H26NO2.BrH/c1-17(2,3)12-8-4-5-9-13-19-16-11-7-6-10-15(16)14-18;/h6-7,10-11,14H,4-5,8-9,12-13H2,1-3H3;1H/q+1;/p-1. The van der Waals surface area contributed by atoms with E-state index in [1.54, 1.807) is 6.07 Å². The minimum atomic E-state index is 0. The van der Waals surface area contributed by atoms with E-state index in [0.29, 0.717) is 17.9 Å². The van der Waals surface area contributed by atoms with E-state index in [4.69, 9.17) is 4.74 Å². The lowest BCUT2D eigenvalue weighted by atomic mass is 10.2. The zero-order chi connectivity index (χ0) is 14.1. The molecule has 0 bridgehead atoms. The Morgan fingerprint density at radius 2 is 1.70 bits per heavy atom. The summed E-state index contributed by atoms with van der Waals surface area (Å²) in [6, 6.07) is 7.37. The molecule has 0 saturated carbocycles. The summed E-state index contributed by atoms with van der Waals surface area (Å²) < 4.78 is 6.67. The molecule has 0 aliphatic rings. The molecule has 0 unspecified atom stereocenters. The van der Waals surface area contributed by atoms with Crippen LogP contribution in [0, 0.1) is 0 Å². The zero-order valence-corrected chi connectivity index (χ0v) is 14.4. The summed E-state index contributed by atoms with van der Waals surface area (Å²) in [6.07, 6.45) is 5.58. The van der Waals surface area contributed by atoms with Crippen molar-refractivity contribution in [1.29, 1.82) is 0 Å². The van der Waals surface area contributed by atoms with Crippen molar-refractivity contribution in [2.75, 3.05) is 34.3 Å². The first kappa shape index (κ1) is 19.1. The van der Waals surface area contributed by atoms with Crippen molar-refractivity contribution in [3.63, 3.8) is 0 Å². The minimum Gasteiger partial charge on any atom is -1.00 e. The van der Waals surface area contributed by atoms with Crippen LogP contribution in [0.15, 0.2) is 24.3 Å². The largest absolute Gasteiger partial charge is 1.00 e. The Balaban J connectivity index is 0.00000361. The van der Waals surface area contributed by atoms with Crippen LogP contribution in [-0.4, -0.2) is 45.1 Å². The van der Waals surface area contributed by atoms with Crippen LogP contribution in [0.3, 0.4) is 0 Å². The number of quaternary nitrogens is 1. The van der Waals surface area contributed by atoms with Gasteiger partial charge in [-0.25, -0.2) is 0 Å². The van der Waals surface area contributed by atoms with Gasteiger partial charge >= 0.3 is 0 Å². The SMILES string of the molecule is C[N+](C)(C)CCCCCCOc1ccccc1C=O.[Br-]. The fraction of sp³-hybridized carbons (Fsp3) is 0.562. The van der Waals surface area contributed by atoms with Crippen molar-refractivity contribution < 1.29 is 31.0 Å². The number of carbonyl (C=O) groups is 1. The van der Waals surface area contributed by atoms with Crippen LogP contribution < -0.4 is 21.7 Å². The van der Waals surface area contributed by atoms with Gasteiger partial charge in [-0.05, 0) is 37.8 Å². The fourth-order valence-electron chi connectivity index (χ4n) is 1.93. The highest BCUT2D eigenvalue weighted by atomic mass is 79.9. The molecule has 1 aromatic carbocycles. The van der Waals surface area contributed by atoms with E-state index in [-0.39, 0.29) is 17.0 Å². The molecular formula is C16H26BrNO2. The summed E-state index contributed by atoms with van der Waals surface area (Å²) >= 11 is 0. The highest BCUT2D eigenvalue weighted by Gasteiger charge is 2.05. The smallest absolute Gasteiger partial charge is 0.153 e. The van der Waals surface area contributed by atoms with Crippen molar-refractivity contribution in [1.82, 2.24) is 0 Å². The van der Waals surface area contributed by atoms with Gasteiger partial charge < -0.3 is 26.2 Å². The van der Waals surface area contributed by atoms with Crippen LogP contribution >= 0.6 is 0 Å². The molecule has 0 spiro atoms. The molecule has 0 aromatic heterocycles. The second kappa shape index (κ2) is 9.94. The Morgan fingerprint density at radius 1 is 1.05 bits per heavy atom. The number of unbranched alkanes of at least 4 members (excludes halogenated alkanes) is 3. The number of hydrogen-bond acceptors (Lipinski definition) is 2. The third kappa shape index (κ3) is 8.33. The Hall–Kier alpha value is -0.870. The average Bonchev–Trinajstić information content (AvgIpc) is 2.37. The third-order valence-corrected chi connectivity index (χ3v) is 3.03. The van der Waals surface area contributed by atoms with Crippen LogP contribution in [0.2, 0.25) is 0 Å². The van der Waals surface area contributed by atoms with Gasteiger partial charge in [-0.2, -0.15) is 0 Å². The van der Waals surface area contributed by atoms with Crippen LogP contribution in [0.5, 0.6) is 5.75 Å². The summed E-state index contributed by atoms with van der Waals surface area (Å²) in [5, 5.41) is 0. The van der Waals surface area contributed by atoms with Gasteiger partial charge in [0.15, 0.2) is 6.29 Å². The third-order valence-electron chi connectivity index (χ3n) is 3.03. The van der Waals surface area contributed by atoms with Gasteiger partial charge in [0.2, 0.25) is 0 Å². The highest BCUT2D eigenvalue weighted by Crippen LogP contribution is 2.16. The predicted molar refractivity (Wildman–Crippen MR) is 78.7 cm³/mol. The summed E-state index contributed by atoms with van der Waals surface area (Å²) in [7, 11) is 6.67. The lowest BCUT2D eigenvalue weighted by Gasteiger charge is -2.23. The molecule has 0 atom stereocenters. The van der Waals surface area contributed by atoms with Gasteiger partial charge in [-0.15, -0.1) is 0 Å². The van der Waals surface area contributed by atoms with E-state index in [9.17, 15) is 4.79 Å². The first-order chi connectivity index (χ1) is 9.03. The van der Waals surface area contributed by atoms with Crippen molar-refractivity contribution in [2.45, 2.75) is 25.7 Å². The van der Waals surface area contributed by atoms with Gasteiger partial charge in [0.05, 0.1) is 39.9 Å². The first-order valence-electron chi connectivity index (χ1n) is 7.00. The molecule has 0 N–H and O–H groups in total. The van der Waals surface area contributed by atoms with Gasteiger partial charge in [-0.3, -0.25) is 4.79 Å².